The van der Waals surface area contributed by atoms with Crippen LogP contribution in [-0.4, -0.2) is 14.0 Å². The molecule has 0 aliphatic rings. The largest absolute Gasteiger partial charge is 0.398 e. The zero-order valence-corrected chi connectivity index (χ0v) is 12.8. The second-order valence-corrected chi connectivity index (χ2v) is 6.29. The van der Waals surface area contributed by atoms with Crippen LogP contribution in [0.5, 0.6) is 0 Å². The highest BCUT2D eigenvalue weighted by Gasteiger charge is 2.18. The molecule has 19 heavy (non-hydrogen) atoms. The van der Waals surface area contributed by atoms with Gasteiger partial charge in [0.25, 0.3) is 0 Å². The minimum Gasteiger partial charge on any atom is -0.398 e. The summed E-state index contributed by atoms with van der Waals surface area (Å²) in [6.45, 7) is 1.80. The number of nitrogen functional groups attached to an aromatic ring is 1. The standard InChI is InChI=1S/C12H13Cl2N3OS/c1-7-11(14)10(17(2)16-7)6-19(18)12-8(13)4-3-5-9(12)15/h3-5H,6,15H2,1-2H3. The first-order valence-corrected chi connectivity index (χ1v) is 7.59. The molecular formula is C12H13Cl2N3OS. The Bertz CT molecular complexity index is 634. The van der Waals surface area contributed by atoms with Gasteiger partial charge >= 0.3 is 0 Å². The SMILES string of the molecule is Cc1nn(C)c(CS(=O)c2c(N)cccc2Cl)c1Cl. The molecule has 1 heterocycles. The van der Waals surface area contributed by atoms with Crippen LogP contribution in [0.25, 0.3) is 0 Å². The lowest BCUT2D eigenvalue weighted by atomic mass is 10.3. The van der Waals surface area contributed by atoms with Gasteiger partial charge in [0, 0.05) is 12.7 Å². The molecule has 0 saturated carbocycles. The van der Waals surface area contributed by atoms with Crippen LogP contribution in [-0.2, 0) is 23.6 Å². The molecule has 0 radical (unpaired) electrons. The van der Waals surface area contributed by atoms with Crippen molar-refractivity contribution < 1.29 is 4.21 Å². The van der Waals surface area contributed by atoms with Crippen LogP contribution in [0.1, 0.15) is 11.4 Å². The quantitative estimate of drug-likeness (QED) is 0.885. The molecule has 0 aliphatic heterocycles. The Morgan fingerprint density at radius 1 is 1.42 bits per heavy atom. The maximum Gasteiger partial charge on any atom is 0.0856 e. The fourth-order valence-electron chi connectivity index (χ4n) is 1.80. The monoisotopic (exact) mass is 317 g/mol. The summed E-state index contributed by atoms with van der Waals surface area (Å²) in [6.07, 6.45) is 0. The van der Waals surface area contributed by atoms with Gasteiger partial charge in [0.05, 0.1) is 42.9 Å². The van der Waals surface area contributed by atoms with Crippen LogP contribution in [0.3, 0.4) is 0 Å². The number of hydrogen-bond donors (Lipinski definition) is 1. The highest BCUT2D eigenvalue weighted by molar-refractivity contribution is 7.84. The van der Waals surface area contributed by atoms with Gasteiger partial charge in [-0.15, -0.1) is 0 Å². The topological polar surface area (TPSA) is 60.9 Å². The Labute approximate surface area is 124 Å². The molecule has 0 amide bonds. The molecule has 2 aromatic rings. The first-order chi connectivity index (χ1) is 8.91. The smallest absolute Gasteiger partial charge is 0.0856 e. The minimum absolute atomic E-state index is 0.226. The van der Waals surface area contributed by atoms with Crippen molar-refractivity contribution in [3.05, 3.63) is 39.6 Å². The highest BCUT2D eigenvalue weighted by atomic mass is 35.5. The second kappa shape index (κ2) is 5.53. The van der Waals surface area contributed by atoms with E-state index >= 15 is 0 Å². The third kappa shape index (κ3) is 2.78. The van der Waals surface area contributed by atoms with Crippen LogP contribution in [0.4, 0.5) is 5.69 Å². The number of nitrogens with zero attached hydrogens (tertiary/aromatic N) is 2. The molecule has 2 rings (SSSR count). The fourth-order valence-corrected chi connectivity index (χ4v) is 3.89. The van der Waals surface area contributed by atoms with Gasteiger partial charge in [-0.1, -0.05) is 29.3 Å². The number of halogens is 2. The molecule has 1 aromatic carbocycles. The lowest BCUT2D eigenvalue weighted by Gasteiger charge is -2.08. The molecular weight excluding hydrogens is 305 g/mol. The van der Waals surface area contributed by atoms with E-state index in [2.05, 4.69) is 5.10 Å². The summed E-state index contributed by atoms with van der Waals surface area (Å²) < 4.78 is 14.0. The number of anilines is 1. The average molecular weight is 318 g/mol. The molecule has 1 unspecified atom stereocenters. The molecule has 7 heteroatoms. The van der Waals surface area contributed by atoms with E-state index in [9.17, 15) is 4.21 Å². The summed E-state index contributed by atoms with van der Waals surface area (Å²) in [4.78, 5) is 0.444. The Morgan fingerprint density at radius 3 is 2.63 bits per heavy atom. The molecule has 4 nitrogen and oxygen atoms in total. The van der Waals surface area contributed by atoms with E-state index in [4.69, 9.17) is 28.9 Å². The normalized spacial score (nSPS) is 12.6. The van der Waals surface area contributed by atoms with Gasteiger partial charge in [-0.3, -0.25) is 8.89 Å². The molecule has 0 bridgehead atoms. The van der Waals surface area contributed by atoms with Crippen molar-refractivity contribution in [2.24, 2.45) is 7.05 Å². The van der Waals surface area contributed by atoms with E-state index in [1.807, 2.05) is 0 Å². The maximum absolute atomic E-state index is 12.4. The molecule has 0 fully saturated rings. The van der Waals surface area contributed by atoms with Crippen molar-refractivity contribution in [2.75, 3.05) is 5.73 Å². The fraction of sp³-hybridized carbons (Fsp3) is 0.250. The van der Waals surface area contributed by atoms with Gasteiger partial charge in [-0.05, 0) is 19.1 Å². The van der Waals surface area contributed by atoms with Crippen molar-refractivity contribution in [3.63, 3.8) is 0 Å². The Morgan fingerprint density at radius 2 is 2.11 bits per heavy atom. The average Bonchev–Trinajstić information content (AvgIpc) is 2.56. The van der Waals surface area contributed by atoms with Crippen molar-refractivity contribution in [2.45, 2.75) is 17.6 Å². The molecule has 1 atom stereocenters. The molecule has 0 aliphatic carbocycles. The Kier molecular flexibility index (Phi) is 4.18. The zero-order valence-electron chi connectivity index (χ0n) is 10.5. The summed E-state index contributed by atoms with van der Waals surface area (Å²) in [5.41, 5.74) is 7.66. The summed E-state index contributed by atoms with van der Waals surface area (Å²) in [5.74, 6) is 0.226. The van der Waals surface area contributed by atoms with Gasteiger partial charge in [0.1, 0.15) is 0 Å². The Balaban J connectivity index is 2.36. The predicted octanol–water partition coefficient (Wildman–Crippen LogP) is 2.93. The molecule has 0 spiro atoms. The summed E-state index contributed by atoms with van der Waals surface area (Å²) in [5, 5.41) is 5.11. The molecule has 2 N–H and O–H groups in total. The van der Waals surface area contributed by atoms with Crippen LogP contribution >= 0.6 is 23.2 Å². The van der Waals surface area contributed by atoms with E-state index in [1.165, 1.54) is 0 Å². The van der Waals surface area contributed by atoms with Gasteiger partial charge in [0.15, 0.2) is 0 Å². The second-order valence-electron chi connectivity index (χ2n) is 4.12. The van der Waals surface area contributed by atoms with Gasteiger partial charge in [-0.25, -0.2) is 0 Å². The van der Waals surface area contributed by atoms with Gasteiger partial charge in [-0.2, -0.15) is 5.10 Å². The third-order valence-corrected chi connectivity index (χ3v) is 5.12. The highest BCUT2D eigenvalue weighted by Crippen LogP contribution is 2.29. The lowest BCUT2D eigenvalue weighted by molar-refractivity contribution is 0.676. The van der Waals surface area contributed by atoms with E-state index < -0.39 is 10.8 Å². The summed E-state index contributed by atoms with van der Waals surface area (Å²) >= 11 is 12.2. The van der Waals surface area contributed by atoms with Crippen LogP contribution in [0.15, 0.2) is 23.1 Å². The number of aryl methyl sites for hydroxylation is 2. The minimum atomic E-state index is -1.37. The number of rotatable bonds is 3. The van der Waals surface area contributed by atoms with Gasteiger partial charge < -0.3 is 5.73 Å². The van der Waals surface area contributed by atoms with Crippen molar-refractivity contribution >= 4 is 39.7 Å². The van der Waals surface area contributed by atoms with Crippen molar-refractivity contribution in [1.82, 2.24) is 9.78 Å². The van der Waals surface area contributed by atoms with E-state index in [-0.39, 0.29) is 5.75 Å². The number of hydrogen-bond acceptors (Lipinski definition) is 3. The zero-order chi connectivity index (χ0) is 14.2. The van der Waals surface area contributed by atoms with E-state index in [1.54, 1.807) is 36.9 Å². The Hall–Kier alpha value is -1.04. The molecule has 1 aromatic heterocycles. The lowest BCUT2D eigenvalue weighted by Crippen LogP contribution is -2.06. The predicted molar refractivity (Wildman–Crippen MR) is 78.9 cm³/mol. The van der Waals surface area contributed by atoms with Crippen LogP contribution in [0, 0.1) is 6.92 Å². The molecule has 102 valence electrons. The van der Waals surface area contributed by atoms with Crippen molar-refractivity contribution in [3.8, 4) is 0 Å². The number of benzene rings is 1. The number of aromatic nitrogens is 2. The first kappa shape index (κ1) is 14.4. The van der Waals surface area contributed by atoms with E-state index in [0.29, 0.717) is 32.0 Å². The summed E-state index contributed by atoms with van der Waals surface area (Å²) in [7, 11) is 0.398. The molecule has 0 saturated heterocycles. The third-order valence-electron chi connectivity index (χ3n) is 2.75. The van der Waals surface area contributed by atoms with Crippen molar-refractivity contribution in [1.29, 1.82) is 0 Å². The van der Waals surface area contributed by atoms with E-state index in [0.717, 1.165) is 0 Å². The summed E-state index contributed by atoms with van der Waals surface area (Å²) in [6, 6.07) is 5.07. The first-order valence-electron chi connectivity index (χ1n) is 5.52. The van der Waals surface area contributed by atoms with Gasteiger partial charge in [0.2, 0.25) is 0 Å². The maximum atomic E-state index is 12.4. The van der Waals surface area contributed by atoms with Crippen LogP contribution < -0.4 is 5.73 Å². The number of nitrogens with two attached hydrogens (primary N) is 1. The van der Waals surface area contributed by atoms with Crippen LogP contribution in [0.2, 0.25) is 10.0 Å².